The van der Waals surface area contributed by atoms with Crippen molar-refractivity contribution in [1.82, 2.24) is 28.2 Å². The summed E-state index contributed by atoms with van der Waals surface area (Å²) in [6, 6.07) is 32.4. The summed E-state index contributed by atoms with van der Waals surface area (Å²) in [4.78, 5) is 7.25. The first-order valence-corrected chi connectivity index (χ1v) is 18.7. The molecule has 18 rings (SSSR count). The van der Waals surface area contributed by atoms with Gasteiger partial charge in [-0.3, -0.25) is 0 Å². The van der Waals surface area contributed by atoms with Crippen LogP contribution in [0.15, 0.2) is 122 Å². The van der Waals surface area contributed by atoms with Crippen LogP contribution >= 0.6 is 0 Å². The summed E-state index contributed by atoms with van der Waals surface area (Å²) in [5, 5.41) is 4.99. The smallest absolute Gasteiger partial charge is 0.359 e. The van der Waals surface area contributed by atoms with E-state index in [1.54, 1.807) is 0 Å². The largest absolute Gasteiger partial charge is 0.553 e. The van der Waals surface area contributed by atoms with Gasteiger partial charge in [-0.25, -0.2) is 18.3 Å². The highest BCUT2D eigenvalue weighted by Crippen LogP contribution is 2.53. The maximum absolute atomic E-state index is 3.62. The topological polar surface area (TPSA) is 66.8 Å². The van der Waals surface area contributed by atoms with Gasteiger partial charge in [0, 0.05) is 61.4 Å². The standard InChI is InChI=1S/C44H20N10/c1-3-23-7-11-33-27-20-50-42-28(19-49(41(27)42)43-47-15-13-29-39(47)25(17-45-29)31-9-5-21(1)35(51(31)43)37(23)53(33)43)34-12-8-24-4-2-22-6-10-32-26-18-46-30-14-16-48(40(26)30)44(50)52(32)36(22)38(24)54(34)44/h1-20H/q+2/p+2. The first-order chi connectivity index (χ1) is 26.8. The molecular formula is C44H22N10+4. The number of hydrogen-bond donors (Lipinski definition) is 2. The average Bonchev–Trinajstić information content (AvgIpc) is 4.06. The lowest BCUT2D eigenvalue weighted by molar-refractivity contribution is -0.964. The third kappa shape index (κ3) is 1.83. The van der Waals surface area contributed by atoms with Crippen LogP contribution in [0.4, 0.5) is 0 Å². The molecule has 2 N–H and O–H groups in total. The van der Waals surface area contributed by atoms with E-state index >= 15 is 0 Å². The van der Waals surface area contributed by atoms with Crippen molar-refractivity contribution in [3.8, 4) is 45.0 Å². The normalized spacial score (nSPS) is 20.4. The van der Waals surface area contributed by atoms with E-state index in [1.165, 1.54) is 111 Å². The molecule has 0 radical (unpaired) electrons. The number of H-pyrrole nitrogens is 2. The van der Waals surface area contributed by atoms with Crippen molar-refractivity contribution < 1.29 is 18.3 Å². The Kier molecular flexibility index (Phi) is 2.94. The van der Waals surface area contributed by atoms with Crippen LogP contribution in [0, 0.1) is 0 Å². The van der Waals surface area contributed by atoms with E-state index in [0.29, 0.717) is 0 Å². The lowest BCUT2D eigenvalue weighted by Crippen LogP contribution is -2.80. The Labute approximate surface area is 301 Å². The van der Waals surface area contributed by atoms with Crippen LogP contribution < -0.4 is 18.3 Å². The van der Waals surface area contributed by atoms with E-state index in [-0.39, 0.29) is 0 Å². The number of aromatic nitrogens is 10. The average molecular weight is 691 g/mol. The quantitative estimate of drug-likeness (QED) is 0.151. The molecule has 2 spiro atoms. The molecule has 12 aromatic rings. The predicted octanol–water partition coefficient (Wildman–Crippen LogP) is 5.75. The Hall–Kier alpha value is -7.46. The van der Waals surface area contributed by atoms with Crippen LogP contribution in [0.1, 0.15) is 0 Å². The Morgan fingerprint density at radius 2 is 0.722 bits per heavy atom. The van der Waals surface area contributed by atoms with E-state index in [1.807, 2.05) is 0 Å². The molecule has 10 aromatic heterocycles. The zero-order chi connectivity index (χ0) is 33.9. The monoisotopic (exact) mass is 690 g/mol. The molecule has 6 aliphatic rings. The number of aromatic amines is 2. The second-order valence-electron chi connectivity index (χ2n) is 16.1. The number of pyridine rings is 4. The summed E-state index contributed by atoms with van der Waals surface area (Å²) >= 11 is 0. The molecule has 10 nitrogen and oxygen atoms in total. The van der Waals surface area contributed by atoms with Gasteiger partial charge in [-0.2, -0.15) is 0 Å². The van der Waals surface area contributed by atoms with Gasteiger partial charge in [0.15, 0.2) is 0 Å². The van der Waals surface area contributed by atoms with Crippen LogP contribution in [-0.4, -0.2) is 28.2 Å². The van der Waals surface area contributed by atoms with Crippen molar-refractivity contribution in [1.29, 1.82) is 0 Å². The van der Waals surface area contributed by atoms with E-state index in [0.717, 1.165) is 11.0 Å². The summed E-state index contributed by atoms with van der Waals surface area (Å²) in [5.74, 6) is -1.51. The maximum Gasteiger partial charge on any atom is 0.553 e. The molecule has 54 heavy (non-hydrogen) atoms. The molecule has 2 aromatic carbocycles. The Bertz CT molecular complexity index is 3780. The Balaban J connectivity index is 1.13. The number of fused-ring (bicyclic) bond motifs is 4. The molecule has 0 aliphatic carbocycles. The summed E-state index contributed by atoms with van der Waals surface area (Å²) in [6.07, 6.45) is 13.9. The van der Waals surface area contributed by atoms with Gasteiger partial charge in [0.2, 0.25) is 22.8 Å². The molecule has 0 saturated heterocycles. The van der Waals surface area contributed by atoms with E-state index < -0.39 is 11.8 Å². The molecule has 0 amide bonds. The molecule has 16 heterocycles. The fraction of sp³-hybridized carbons (Fsp3) is 0.0455. The van der Waals surface area contributed by atoms with E-state index in [2.05, 4.69) is 169 Å². The number of hydrogen-bond acceptors (Lipinski definition) is 0. The van der Waals surface area contributed by atoms with Crippen molar-refractivity contribution >= 4 is 76.7 Å². The van der Waals surface area contributed by atoms with Crippen LogP contribution in [0.25, 0.3) is 122 Å². The SMILES string of the molecule is c1[nH]c2ccn3c2c1-c1ccc2ccc4ccc5[n+]6c4c2[n+]1C36n1cc2c3c1c-5cn3C13n4ccc5[nH]cc(c54)-c4ccc5ccc6ccc-2[n+]1c6c5[n+]43. The fourth-order valence-electron chi connectivity index (χ4n) is 12.6. The van der Waals surface area contributed by atoms with E-state index in [9.17, 15) is 0 Å². The minimum atomic E-state index is -0.756. The Morgan fingerprint density at radius 1 is 0.370 bits per heavy atom. The minimum Gasteiger partial charge on any atom is -0.359 e. The summed E-state index contributed by atoms with van der Waals surface area (Å²) in [7, 11) is 0. The highest BCUT2D eigenvalue weighted by Gasteiger charge is 2.73. The summed E-state index contributed by atoms with van der Waals surface area (Å²) < 4.78 is 20.9. The van der Waals surface area contributed by atoms with Crippen LogP contribution in [0.3, 0.4) is 0 Å². The van der Waals surface area contributed by atoms with Crippen LogP contribution in [0.5, 0.6) is 0 Å². The van der Waals surface area contributed by atoms with Gasteiger partial charge in [-0.05, 0) is 60.7 Å². The maximum atomic E-state index is 3.62. The number of rotatable bonds is 0. The fourth-order valence-corrected chi connectivity index (χ4v) is 12.6. The third-order valence-electron chi connectivity index (χ3n) is 14.3. The Morgan fingerprint density at radius 3 is 1.11 bits per heavy atom. The van der Waals surface area contributed by atoms with Gasteiger partial charge < -0.3 is 9.97 Å². The number of nitrogens with one attached hydrogen (secondary N) is 2. The number of nitrogens with zero attached hydrogens (tertiary/aromatic N) is 8. The molecule has 10 heteroatoms. The van der Waals surface area contributed by atoms with Crippen molar-refractivity contribution in [3.05, 3.63) is 122 Å². The lowest BCUT2D eigenvalue weighted by Gasteiger charge is -2.30. The molecular weight excluding hydrogens is 669 g/mol. The molecule has 0 bridgehead atoms. The first kappa shape index (κ1) is 23.9. The van der Waals surface area contributed by atoms with Gasteiger partial charge in [-0.1, -0.05) is 18.3 Å². The van der Waals surface area contributed by atoms with Gasteiger partial charge in [-0.15, -0.1) is 0 Å². The van der Waals surface area contributed by atoms with Crippen LogP contribution in [0.2, 0.25) is 0 Å². The van der Waals surface area contributed by atoms with Crippen molar-refractivity contribution in [2.24, 2.45) is 0 Å². The van der Waals surface area contributed by atoms with E-state index in [4.69, 9.17) is 0 Å². The third-order valence-corrected chi connectivity index (χ3v) is 14.3. The van der Waals surface area contributed by atoms with Crippen molar-refractivity contribution in [3.63, 3.8) is 0 Å². The molecule has 0 fully saturated rings. The van der Waals surface area contributed by atoms with Gasteiger partial charge in [0.05, 0.1) is 76.9 Å². The predicted molar refractivity (Wildman–Crippen MR) is 201 cm³/mol. The summed E-state index contributed by atoms with van der Waals surface area (Å²) in [5.41, 5.74) is 22.2. The second-order valence-corrected chi connectivity index (χ2v) is 16.1. The zero-order valence-corrected chi connectivity index (χ0v) is 28.1. The van der Waals surface area contributed by atoms with Gasteiger partial charge in [0.25, 0.3) is 22.1 Å². The van der Waals surface area contributed by atoms with Gasteiger partial charge >= 0.3 is 11.8 Å². The second kappa shape index (κ2) is 6.65. The zero-order valence-electron chi connectivity index (χ0n) is 28.1. The molecule has 0 saturated carbocycles. The van der Waals surface area contributed by atoms with Crippen molar-refractivity contribution in [2.45, 2.75) is 11.8 Å². The first-order valence-electron chi connectivity index (χ1n) is 18.7. The molecule has 244 valence electrons. The highest BCUT2D eigenvalue weighted by molar-refractivity contribution is 6.08. The highest BCUT2D eigenvalue weighted by atomic mass is 15.6. The summed E-state index contributed by atoms with van der Waals surface area (Å²) in [6.45, 7) is 0. The molecule has 2 atom stereocenters. The van der Waals surface area contributed by atoms with Crippen LogP contribution in [-0.2, 0) is 11.8 Å². The lowest BCUT2D eigenvalue weighted by atomic mass is 10.1. The minimum absolute atomic E-state index is 0.756. The van der Waals surface area contributed by atoms with Crippen molar-refractivity contribution in [2.75, 3.05) is 0 Å². The molecule has 2 unspecified atom stereocenters. The number of benzene rings is 2. The molecule has 6 aliphatic heterocycles. The van der Waals surface area contributed by atoms with Gasteiger partial charge in [0.1, 0.15) is 0 Å².